The molecule has 1 aromatic rings. The summed E-state index contributed by atoms with van der Waals surface area (Å²) in [6.45, 7) is -1.30. The smallest absolute Gasteiger partial charge is 0.470 e. The maximum absolute atomic E-state index is 10.6. The standard InChI is InChI=1S/C8H7N3O7/c12-9(13)8(10(14)15,11(16)17)6-18-7-4-2-1-3-5-7/h1-5H,6H2. The summed E-state index contributed by atoms with van der Waals surface area (Å²) in [6.07, 6.45) is 0. The molecule has 0 unspecified atom stereocenters. The summed E-state index contributed by atoms with van der Waals surface area (Å²) in [5, 5.41) is 31.7. The summed E-state index contributed by atoms with van der Waals surface area (Å²) in [5.74, 6) is -3.54. The third-order valence-corrected chi connectivity index (χ3v) is 2.05. The zero-order valence-electron chi connectivity index (χ0n) is 8.79. The van der Waals surface area contributed by atoms with Crippen molar-refractivity contribution in [3.8, 4) is 5.75 Å². The van der Waals surface area contributed by atoms with E-state index in [1.54, 1.807) is 6.07 Å². The first-order chi connectivity index (χ1) is 8.41. The Morgan fingerprint density at radius 1 is 0.944 bits per heavy atom. The molecule has 0 N–H and O–H groups in total. The predicted octanol–water partition coefficient (Wildman–Crippen LogP) is 0.549. The Morgan fingerprint density at radius 2 is 1.39 bits per heavy atom. The van der Waals surface area contributed by atoms with Gasteiger partial charge in [0.25, 0.3) is 0 Å². The average Bonchev–Trinajstić information content (AvgIpc) is 2.29. The molecule has 0 heterocycles. The van der Waals surface area contributed by atoms with Gasteiger partial charge in [0.2, 0.25) is 0 Å². The second-order valence-corrected chi connectivity index (χ2v) is 3.15. The van der Waals surface area contributed by atoms with Gasteiger partial charge in [0, 0.05) is 0 Å². The Kier molecular flexibility index (Phi) is 3.72. The summed E-state index contributed by atoms with van der Waals surface area (Å²) < 4.78 is 4.73. The quantitative estimate of drug-likeness (QED) is 0.411. The van der Waals surface area contributed by atoms with Crippen LogP contribution >= 0.6 is 0 Å². The summed E-state index contributed by atoms with van der Waals surface area (Å²) >= 11 is 0. The van der Waals surface area contributed by atoms with E-state index < -0.39 is 27.2 Å². The van der Waals surface area contributed by atoms with Crippen LogP contribution in [0.25, 0.3) is 0 Å². The molecule has 0 spiro atoms. The van der Waals surface area contributed by atoms with Crippen LogP contribution in [0.2, 0.25) is 0 Å². The lowest BCUT2D eigenvalue weighted by Gasteiger charge is -2.09. The summed E-state index contributed by atoms with van der Waals surface area (Å²) in [7, 11) is 0. The minimum Gasteiger partial charge on any atom is -0.470 e. The van der Waals surface area contributed by atoms with Crippen LogP contribution in [0.4, 0.5) is 0 Å². The van der Waals surface area contributed by atoms with Crippen molar-refractivity contribution >= 4 is 0 Å². The third kappa shape index (κ3) is 2.31. The minimum absolute atomic E-state index is 0.0624. The molecule has 0 aliphatic carbocycles. The van der Waals surface area contributed by atoms with Gasteiger partial charge in [-0.25, -0.2) is 0 Å². The van der Waals surface area contributed by atoms with Crippen molar-refractivity contribution in [1.82, 2.24) is 0 Å². The molecule has 0 bridgehead atoms. The second-order valence-electron chi connectivity index (χ2n) is 3.15. The van der Waals surface area contributed by atoms with Gasteiger partial charge in [0.15, 0.2) is 14.8 Å². The summed E-state index contributed by atoms with van der Waals surface area (Å²) in [5.41, 5.74) is 0. The van der Waals surface area contributed by atoms with E-state index in [0.717, 1.165) is 0 Å². The van der Waals surface area contributed by atoms with E-state index in [0.29, 0.717) is 0 Å². The highest BCUT2D eigenvalue weighted by atomic mass is 16.7. The molecule has 10 nitrogen and oxygen atoms in total. The van der Waals surface area contributed by atoms with Crippen LogP contribution in [0.15, 0.2) is 30.3 Å². The molecular weight excluding hydrogens is 250 g/mol. The van der Waals surface area contributed by atoms with Crippen LogP contribution in [-0.4, -0.2) is 27.2 Å². The SMILES string of the molecule is O=[N+]([O-])C(COc1ccccc1)([N+](=O)[O-])[N+](=O)[O-]. The Labute approximate surface area is 99.2 Å². The fourth-order valence-corrected chi connectivity index (χ4v) is 1.05. The topological polar surface area (TPSA) is 139 Å². The molecule has 18 heavy (non-hydrogen) atoms. The lowest BCUT2D eigenvalue weighted by Crippen LogP contribution is -2.57. The third-order valence-electron chi connectivity index (χ3n) is 2.05. The van der Waals surface area contributed by atoms with Crippen molar-refractivity contribution in [2.24, 2.45) is 0 Å². The molecule has 0 aromatic heterocycles. The number of para-hydroxylation sites is 1. The van der Waals surface area contributed by atoms with Crippen molar-refractivity contribution in [2.75, 3.05) is 6.61 Å². The van der Waals surface area contributed by atoms with Gasteiger partial charge in [0.05, 0.1) is 0 Å². The van der Waals surface area contributed by atoms with Crippen LogP contribution in [0, 0.1) is 30.3 Å². The van der Waals surface area contributed by atoms with E-state index in [4.69, 9.17) is 4.74 Å². The Balaban J connectivity index is 2.96. The number of nitro groups is 3. The molecule has 1 rings (SSSR count). The molecule has 96 valence electrons. The highest BCUT2D eigenvalue weighted by molar-refractivity contribution is 5.20. The normalized spacial score (nSPS) is 10.7. The second kappa shape index (κ2) is 5.03. The molecule has 0 saturated heterocycles. The summed E-state index contributed by atoms with van der Waals surface area (Å²) in [6, 6.07) is 7.38. The lowest BCUT2D eigenvalue weighted by molar-refractivity contribution is -0.969. The maximum atomic E-state index is 10.6. The fraction of sp³-hybridized carbons (Fsp3) is 0.250. The number of nitrogens with zero attached hydrogens (tertiary/aromatic N) is 3. The monoisotopic (exact) mass is 257 g/mol. The Morgan fingerprint density at radius 3 is 1.78 bits per heavy atom. The lowest BCUT2D eigenvalue weighted by atomic mass is 10.3. The number of benzene rings is 1. The van der Waals surface area contributed by atoms with Crippen LogP contribution in [-0.2, 0) is 0 Å². The zero-order chi connectivity index (χ0) is 13.8. The first-order valence-electron chi connectivity index (χ1n) is 4.52. The Hall–Kier alpha value is -2.78. The van der Waals surface area contributed by atoms with Crippen molar-refractivity contribution in [1.29, 1.82) is 0 Å². The zero-order valence-corrected chi connectivity index (χ0v) is 8.79. The largest absolute Gasteiger partial charge is 0.734 e. The molecular formula is C8H7N3O7. The van der Waals surface area contributed by atoms with Gasteiger partial charge < -0.3 is 4.74 Å². The van der Waals surface area contributed by atoms with Crippen LogP contribution in [0.3, 0.4) is 0 Å². The van der Waals surface area contributed by atoms with Crippen LogP contribution < -0.4 is 4.74 Å². The van der Waals surface area contributed by atoms with E-state index >= 15 is 0 Å². The van der Waals surface area contributed by atoms with Gasteiger partial charge in [0.1, 0.15) is 5.75 Å². The molecule has 0 aliphatic rings. The minimum atomic E-state index is -3.60. The van der Waals surface area contributed by atoms with E-state index in [-0.39, 0.29) is 5.75 Å². The summed E-state index contributed by atoms with van der Waals surface area (Å²) in [4.78, 5) is 26.9. The van der Waals surface area contributed by atoms with Gasteiger partial charge in [-0.05, 0) is 12.1 Å². The molecule has 1 aromatic carbocycles. The molecule has 0 amide bonds. The molecule has 0 atom stereocenters. The van der Waals surface area contributed by atoms with E-state index in [1.807, 2.05) is 0 Å². The molecule has 0 radical (unpaired) electrons. The molecule has 0 fully saturated rings. The van der Waals surface area contributed by atoms with E-state index in [1.165, 1.54) is 24.3 Å². The van der Waals surface area contributed by atoms with Gasteiger partial charge >= 0.3 is 12.4 Å². The van der Waals surface area contributed by atoms with Crippen molar-refractivity contribution < 1.29 is 19.5 Å². The van der Waals surface area contributed by atoms with E-state index in [9.17, 15) is 30.3 Å². The van der Waals surface area contributed by atoms with Crippen molar-refractivity contribution in [3.05, 3.63) is 60.7 Å². The highest BCUT2D eigenvalue weighted by Gasteiger charge is 2.71. The average molecular weight is 257 g/mol. The van der Waals surface area contributed by atoms with E-state index in [2.05, 4.69) is 0 Å². The van der Waals surface area contributed by atoms with Gasteiger partial charge in [-0.2, -0.15) is 0 Å². The van der Waals surface area contributed by atoms with Gasteiger partial charge in [-0.3, -0.25) is 30.3 Å². The van der Waals surface area contributed by atoms with Crippen molar-refractivity contribution in [2.45, 2.75) is 5.79 Å². The fourth-order valence-electron chi connectivity index (χ4n) is 1.05. The number of hydrogen-bond donors (Lipinski definition) is 0. The number of rotatable bonds is 6. The number of ether oxygens (including phenoxy) is 1. The number of hydrogen-bond acceptors (Lipinski definition) is 7. The van der Waals surface area contributed by atoms with Crippen molar-refractivity contribution in [3.63, 3.8) is 0 Å². The maximum Gasteiger partial charge on any atom is 0.734 e. The van der Waals surface area contributed by atoms with Crippen LogP contribution in [0.5, 0.6) is 5.75 Å². The predicted molar refractivity (Wildman–Crippen MR) is 55.7 cm³/mol. The molecule has 0 aliphatic heterocycles. The van der Waals surface area contributed by atoms with Gasteiger partial charge in [-0.1, -0.05) is 18.2 Å². The molecule has 0 saturated carbocycles. The first kappa shape index (κ1) is 13.3. The van der Waals surface area contributed by atoms with Gasteiger partial charge in [-0.15, -0.1) is 0 Å². The van der Waals surface area contributed by atoms with Crippen LogP contribution in [0.1, 0.15) is 0 Å². The Bertz CT molecular complexity index is 439. The first-order valence-corrected chi connectivity index (χ1v) is 4.52. The highest BCUT2D eigenvalue weighted by Crippen LogP contribution is 2.16. The molecule has 10 heteroatoms.